The van der Waals surface area contributed by atoms with E-state index in [1.807, 2.05) is 19.1 Å². The summed E-state index contributed by atoms with van der Waals surface area (Å²) < 4.78 is 6.57. The molecular formula is C17H19BrClNO. The summed E-state index contributed by atoms with van der Waals surface area (Å²) in [5, 5.41) is 4.11. The van der Waals surface area contributed by atoms with Crippen molar-refractivity contribution >= 4 is 33.2 Å². The highest BCUT2D eigenvalue weighted by Gasteiger charge is 2.11. The van der Waals surface area contributed by atoms with E-state index in [0.29, 0.717) is 11.6 Å². The number of rotatable bonds is 5. The molecule has 0 aliphatic carbocycles. The van der Waals surface area contributed by atoms with Crippen molar-refractivity contribution in [1.82, 2.24) is 0 Å². The van der Waals surface area contributed by atoms with Crippen molar-refractivity contribution in [2.45, 2.75) is 27.3 Å². The van der Waals surface area contributed by atoms with Gasteiger partial charge in [0.15, 0.2) is 5.75 Å². The van der Waals surface area contributed by atoms with Crippen LogP contribution in [0.1, 0.15) is 23.6 Å². The first kappa shape index (κ1) is 16.2. The van der Waals surface area contributed by atoms with Crippen LogP contribution in [-0.2, 0) is 6.54 Å². The fourth-order valence-corrected chi connectivity index (χ4v) is 3.22. The van der Waals surface area contributed by atoms with Crippen LogP contribution in [0.5, 0.6) is 5.75 Å². The van der Waals surface area contributed by atoms with Crippen LogP contribution in [0.2, 0.25) is 5.02 Å². The maximum absolute atomic E-state index is 6.14. The molecule has 2 aromatic rings. The quantitative estimate of drug-likeness (QED) is 0.727. The summed E-state index contributed by atoms with van der Waals surface area (Å²) in [7, 11) is 0. The van der Waals surface area contributed by atoms with Gasteiger partial charge >= 0.3 is 0 Å². The van der Waals surface area contributed by atoms with Crippen LogP contribution in [0.4, 0.5) is 5.69 Å². The SMILES string of the molecule is CCOc1c(Br)cc(Cl)cc1NCc1c(C)cccc1C. The Labute approximate surface area is 139 Å². The third-order valence-electron chi connectivity index (χ3n) is 3.40. The number of hydrogen-bond donors (Lipinski definition) is 1. The Balaban J connectivity index is 2.27. The van der Waals surface area contributed by atoms with Crippen molar-refractivity contribution in [1.29, 1.82) is 0 Å². The number of hydrogen-bond acceptors (Lipinski definition) is 2. The molecule has 0 saturated carbocycles. The lowest BCUT2D eigenvalue weighted by molar-refractivity contribution is 0.339. The molecule has 0 spiro atoms. The van der Waals surface area contributed by atoms with Gasteiger partial charge in [0.1, 0.15) is 0 Å². The molecule has 4 heteroatoms. The summed E-state index contributed by atoms with van der Waals surface area (Å²) in [6, 6.07) is 10.1. The molecule has 0 aliphatic heterocycles. The molecule has 0 aromatic heterocycles. The molecule has 0 aliphatic rings. The van der Waals surface area contributed by atoms with Gasteiger partial charge in [-0.25, -0.2) is 0 Å². The second kappa shape index (κ2) is 7.19. The molecule has 2 nitrogen and oxygen atoms in total. The number of ether oxygens (including phenoxy) is 1. The first-order valence-corrected chi connectivity index (χ1v) is 8.10. The second-order valence-corrected chi connectivity index (χ2v) is 6.21. The van der Waals surface area contributed by atoms with Gasteiger partial charge in [0.2, 0.25) is 0 Å². The molecule has 0 fully saturated rings. The van der Waals surface area contributed by atoms with Gasteiger partial charge in [0.25, 0.3) is 0 Å². The second-order valence-electron chi connectivity index (χ2n) is 4.92. The smallest absolute Gasteiger partial charge is 0.156 e. The molecule has 0 amide bonds. The summed E-state index contributed by atoms with van der Waals surface area (Å²) in [4.78, 5) is 0. The van der Waals surface area contributed by atoms with E-state index in [2.05, 4.69) is 53.3 Å². The van der Waals surface area contributed by atoms with Crippen LogP contribution in [-0.4, -0.2) is 6.61 Å². The summed E-state index contributed by atoms with van der Waals surface area (Å²) in [5.41, 5.74) is 4.76. The van der Waals surface area contributed by atoms with Crippen molar-refractivity contribution in [2.24, 2.45) is 0 Å². The van der Waals surface area contributed by atoms with Gasteiger partial charge in [0.05, 0.1) is 16.8 Å². The fourth-order valence-electron chi connectivity index (χ4n) is 2.29. The normalized spacial score (nSPS) is 10.5. The zero-order chi connectivity index (χ0) is 15.4. The maximum atomic E-state index is 6.14. The van der Waals surface area contributed by atoms with Crippen LogP contribution in [0, 0.1) is 13.8 Å². The van der Waals surface area contributed by atoms with Gasteiger partial charge in [-0.1, -0.05) is 29.8 Å². The van der Waals surface area contributed by atoms with E-state index in [1.54, 1.807) is 0 Å². The average Bonchev–Trinajstić information content (AvgIpc) is 2.42. The Morgan fingerprint density at radius 3 is 2.48 bits per heavy atom. The highest BCUT2D eigenvalue weighted by Crippen LogP contribution is 2.37. The standard InChI is InChI=1S/C17H19BrClNO/c1-4-21-17-15(18)8-13(19)9-16(17)20-10-14-11(2)6-5-7-12(14)3/h5-9,20H,4,10H2,1-3H3. The molecular weight excluding hydrogens is 350 g/mol. The highest BCUT2D eigenvalue weighted by molar-refractivity contribution is 9.10. The molecule has 2 rings (SSSR count). The van der Waals surface area contributed by atoms with Gasteiger partial charge in [0, 0.05) is 11.6 Å². The van der Waals surface area contributed by atoms with Crippen molar-refractivity contribution in [2.75, 3.05) is 11.9 Å². The molecule has 0 radical (unpaired) electrons. The van der Waals surface area contributed by atoms with E-state index >= 15 is 0 Å². The number of benzene rings is 2. The summed E-state index contributed by atoms with van der Waals surface area (Å²) in [6.45, 7) is 7.57. The first-order valence-electron chi connectivity index (χ1n) is 6.93. The lowest BCUT2D eigenvalue weighted by Crippen LogP contribution is -2.06. The lowest BCUT2D eigenvalue weighted by Gasteiger charge is -2.16. The average molecular weight is 369 g/mol. The molecule has 0 heterocycles. The Morgan fingerprint density at radius 2 is 1.86 bits per heavy atom. The highest BCUT2D eigenvalue weighted by atomic mass is 79.9. The molecule has 112 valence electrons. The van der Waals surface area contributed by atoms with Crippen LogP contribution >= 0.6 is 27.5 Å². The van der Waals surface area contributed by atoms with E-state index in [0.717, 1.165) is 22.5 Å². The molecule has 0 bridgehead atoms. The van der Waals surface area contributed by atoms with Crippen LogP contribution in [0.15, 0.2) is 34.8 Å². The maximum Gasteiger partial charge on any atom is 0.156 e. The Kier molecular flexibility index (Phi) is 5.54. The largest absolute Gasteiger partial charge is 0.491 e. The van der Waals surface area contributed by atoms with Gasteiger partial charge in [-0.05, 0) is 65.5 Å². The Hall–Kier alpha value is -1.19. The topological polar surface area (TPSA) is 21.3 Å². The minimum absolute atomic E-state index is 0.609. The van der Waals surface area contributed by atoms with E-state index in [-0.39, 0.29) is 0 Å². The van der Waals surface area contributed by atoms with Crippen molar-refractivity contribution in [3.05, 3.63) is 56.5 Å². The molecule has 0 unspecified atom stereocenters. The van der Waals surface area contributed by atoms with Crippen LogP contribution < -0.4 is 10.1 Å². The molecule has 2 aromatic carbocycles. The van der Waals surface area contributed by atoms with Crippen LogP contribution in [0.3, 0.4) is 0 Å². The summed E-state index contributed by atoms with van der Waals surface area (Å²) in [6.07, 6.45) is 0. The van der Waals surface area contributed by atoms with Gasteiger partial charge in [-0.3, -0.25) is 0 Å². The van der Waals surface area contributed by atoms with Crippen molar-refractivity contribution in [3.8, 4) is 5.75 Å². The predicted molar refractivity (Wildman–Crippen MR) is 93.6 cm³/mol. The third-order valence-corrected chi connectivity index (χ3v) is 4.20. The van der Waals surface area contributed by atoms with E-state index in [9.17, 15) is 0 Å². The van der Waals surface area contributed by atoms with Gasteiger partial charge < -0.3 is 10.1 Å². The van der Waals surface area contributed by atoms with E-state index in [1.165, 1.54) is 16.7 Å². The zero-order valence-electron chi connectivity index (χ0n) is 12.5. The predicted octanol–water partition coefficient (Wildman–Crippen LogP) is 5.73. The number of halogens is 2. The minimum atomic E-state index is 0.609. The summed E-state index contributed by atoms with van der Waals surface area (Å²) >= 11 is 9.65. The Bertz CT molecular complexity index is 623. The van der Waals surface area contributed by atoms with Crippen molar-refractivity contribution < 1.29 is 4.74 Å². The van der Waals surface area contributed by atoms with Gasteiger partial charge in [-0.15, -0.1) is 0 Å². The summed E-state index contributed by atoms with van der Waals surface area (Å²) in [5.74, 6) is 0.799. The third kappa shape index (κ3) is 3.92. The monoisotopic (exact) mass is 367 g/mol. The lowest BCUT2D eigenvalue weighted by atomic mass is 10.0. The number of anilines is 1. The minimum Gasteiger partial charge on any atom is -0.491 e. The molecule has 0 saturated heterocycles. The zero-order valence-corrected chi connectivity index (χ0v) is 14.8. The molecule has 21 heavy (non-hydrogen) atoms. The Morgan fingerprint density at radius 1 is 1.19 bits per heavy atom. The number of aryl methyl sites for hydroxylation is 2. The van der Waals surface area contributed by atoms with Crippen LogP contribution in [0.25, 0.3) is 0 Å². The van der Waals surface area contributed by atoms with Crippen molar-refractivity contribution in [3.63, 3.8) is 0 Å². The molecule has 1 N–H and O–H groups in total. The van der Waals surface area contributed by atoms with Gasteiger partial charge in [-0.2, -0.15) is 0 Å². The number of nitrogens with one attached hydrogen (secondary N) is 1. The van der Waals surface area contributed by atoms with E-state index in [4.69, 9.17) is 16.3 Å². The first-order chi connectivity index (χ1) is 10.0. The molecule has 0 atom stereocenters. The fraction of sp³-hybridized carbons (Fsp3) is 0.294. The van der Waals surface area contributed by atoms with E-state index < -0.39 is 0 Å².